The van der Waals surface area contributed by atoms with Crippen molar-refractivity contribution in [2.75, 3.05) is 0 Å². The molecule has 254 valence electrons. The number of hydrogen-bond acceptors (Lipinski definition) is 1. The maximum Gasteiger partial charge on any atom is 0.0735 e. The lowest BCUT2D eigenvalue weighted by Gasteiger charge is -2.39. The zero-order valence-corrected chi connectivity index (χ0v) is 30.7. The molecule has 1 aliphatic heterocycles. The first-order chi connectivity index (χ1) is 26.6. The van der Waals surface area contributed by atoms with Gasteiger partial charge in [-0.05, 0) is 104 Å². The molecule has 1 aromatic heterocycles. The molecule has 1 atom stereocenters. The fraction of sp³-hybridized carbons (Fsp3) is 0.0769. The molecule has 0 saturated carbocycles. The van der Waals surface area contributed by atoms with Crippen molar-refractivity contribution in [1.82, 2.24) is 4.57 Å². The van der Waals surface area contributed by atoms with E-state index in [1.165, 1.54) is 98.1 Å². The monoisotopic (exact) mass is 705 g/mol. The quantitative estimate of drug-likeness (QED) is 0.173. The molecule has 7 aromatic carbocycles. The molecule has 1 spiro atoms. The van der Waals surface area contributed by atoms with Crippen molar-refractivity contribution in [2.24, 2.45) is 5.41 Å². The topological polar surface area (TPSA) is 4.93 Å². The molecule has 0 amide bonds. The van der Waals surface area contributed by atoms with E-state index in [-0.39, 0.29) is 5.41 Å². The van der Waals surface area contributed by atoms with Gasteiger partial charge < -0.3 is 4.57 Å². The molecule has 0 fully saturated rings. The maximum atomic E-state index is 2.56. The number of benzene rings is 7. The van der Waals surface area contributed by atoms with Gasteiger partial charge in [0, 0.05) is 31.7 Å². The van der Waals surface area contributed by atoms with Crippen LogP contribution in [0.1, 0.15) is 41.2 Å². The van der Waals surface area contributed by atoms with Gasteiger partial charge in [0.1, 0.15) is 0 Å². The molecular formula is C52H35NS. The minimum Gasteiger partial charge on any atom is -0.309 e. The molecule has 2 heteroatoms. The van der Waals surface area contributed by atoms with Crippen LogP contribution in [0.2, 0.25) is 0 Å². The van der Waals surface area contributed by atoms with Crippen LogP contribution in [0.4, 0.5) is 0 Å². The summed E-state index contributed by atoms with van der Waals surface area (Å²) in [6.07, 6.45) is 14.7. The molecule has 54 heavy (non-hydrogen) atoms. The van der Waals surface area contributed by atoms with Gasteiger partial charge in [0.2, 0.25) is 0 Å². The SMILES string of the molecule is CC12C=CC=CC1=CC(c1ccc(-n3c4cc5c(cc4c4c6ccccc6ccc43)C3(c4ccccc4S5)c4ccccc4-c4ccccc43)cc1)=CC2. The second-order valence-electron chi connectivity index (χ2n) is 15.5. The van der Waals surface area contributed by atoms with Crippen molar-refractivity contribution in [3.63, 3.8) is 0 Å². The fourth-order valence-corrected chi connectivity index (χ4v) is 11.3. The number of hydrogen-bond donors (Lipinski definition) is 0. The first-order valence-electron chi connectivity index (χ1n) is 19.0. The minimum atomic E-state index is -0.416. The summed E-state index contributed by atoms with van der Waals surface area (Å²) >= 11 is 1.92. The lowest BCUT2D eigenvalue weighted by molar-refractivity contribution is 0.528. The number of rotatable bonds is 2. The molecule has 12 rings (SSSR count). The average Bonchev–Trinajstić information content (AvgIpc) is 3.70. The fourth-order valence-electron chi connectivity index (χ4n) is 10.1. The average molecular weight is 706 g/mol. The highest BCUT2D eigenvalue weighted by Gasteiger charge is 2.50. The number of nitrogens with zero attached hydrogens (tertiary/aromatic N) is 1. The highest BCUT2D eigenvalue weighted by molar-refractivity contribution is 7.99. The molecule has 0 N–H and O–H groups in total. The summed E-state index contributed by atoms with van der Waals surface area (Å²) in [5.74, 6) is 0. The number of fused-ring (bicyclic) bond motifs is 15. The van der Waals surface area contributed by atoms with E-state index in [1.54, 1.807) is 0 Å². The van der Waals surface area contributed by atoms with E-state index in [4.69, 9.17) is 0 Å². The van der Waals surface area contributed by atoms with E-state index >= 15 is 0 Å². The smallest absolute Gasteiger partial charge is 0.0735 e. The van der Waals surface area contributed by atoms with Gasteiger partial charge in [-0.3, -0.25) is 0 Å². The Bertz CT molecular complexity index is 3010. The Hall–Kier alpha value is -6.09. The van der Waals surface area contributed by atoms with Crippen molar-refractivity contribution < 1.29 is 0 Å². The van der Waals surface area contributed by atoms with Gasteiger partial charge in [-0.1, -0.05) is 164 Å². The van der Waals surface area contributed by atoms with Crippen LogP contribution in [0.5, 0.6) is 0 Å². The largest absolute Gasteiger partial charge is 0.309 e. The van der Waals surface area contributed by atoms with Gasteiger partial charge in [0.25, 0.3) is 0 Å². The van der Waals surface area contributed by atoms with Crippen molar-refractivity contribution >= 4 is 49.9 Å². The second kappa shape index (κ2) is 11.0. The third kappa shape index (κ3) is 3.96. The zero-order chi connectivity index (χ0) is 35.6. The van der Waals surface area contributed by atoms with Crippen LogP contribution in [-0.2, 0) is 5.41 Å². The van der Waals surface area contributed by atoms with E-state index in [2.05, 4.69) is 194 Å². The van der Waals surface area contributed by atoms with Crippen molar-refractivity contribution in [1.29, 1.82) is 0 Å². The van der Waals surface area contributed by atoms with Gasteiger partial charge in [-0.25, -0.2) is 0 Å². The highest BCUT2D eigenvalue weighted by Crippen LogP contribution is 2.63. The summed E-state index contributed by atoms with van der Waals surface area (Å²) in [4.78, 5) is 2.64. The maximum absolute atomic E-state index is 2.56. The van der Waals surface area contributed by atoms with Crippen LogP contribution < -0.4 is 0 Å². The third-order valence-electron chi connectivity index (χ3n) is 12.6. The van der Waals surface area contributed by atoms with Crippen LogP contribution in [0.15, 0.2) is 197 Å². The minimum absolute atomic E-state index is 0.0861. The molecule has 1 unspecified atom stereocenters. The first-order valence-corrected chi connectivity index (χ1v) is 19.8. The van der Waals surface area contributed by atoms with E-state index in [0.29, 0.717) is 0 Å². The number of aromatic nitrogens is 1. The van der Waals surface area contributed by atoms with Crippen molar-refractivity contribution in [2.45, 2.75) is 28.6 Å². The molecule has 0 saturated heterocycles. The van der Waals surface area contributed by atoms with Crippen LogP contribution in [0.3, 0.4) is 0 Å². The first kappa shape index (κ1) is 30.4. The lowest BCUT2D eigenvalue weighted by atomic mass is 9.67. The van der Waals surface area contributed by atoms with Gasteiger partial charge in [0.05, 0.1) is 16.4 Å². The molecule has 2 heterocycles. The lowest BCUT2D eigenvalue weighted by Crippen LogP contribution is -2.31. The molecule has 1 nitrogen and oxygen atoms in total. The van der Waals surface area contributed by atoms with E-state index < -0.39 is 5.41 Å². The summed E-state index contributed by atoms with van der Waals surface area (Å²) in [5.41, 5.74) is 15.4. The van der Waals surface area contributed by atoms with Crippen LogP contribution >= 0.6 is 11.8 Å². The van der Waals surface area contributed by atoms with Gasteiger partial charge in [0.15, 0.2) is 0 Å². The van der Waals surface area contributed by atoms with Crippen LogP contribution in [0, 0.1) is 5.41 Å². The Morgan fingerprint density at radius 3 is 2.13 bits per heavy atom. The van der Waals surface area contributed by atoms with Crippen LogP contribution in [-0.4, -0.2) is 4.57 Å². The Morgan fingerprint density at radius 1 is 0.593 bits per heavy atom. The Morgan fingerprint density at radius 2 is 1.31 bits per heavy atom. The number of allylic oxidation sites excluding steroid dienone is 8. The van der Waals surface area contributed by atoms with Gasteiger partial charge >= 0.3 is 0 Å². The summed E-state index contributed by atoms with van der Waals surface area (Å²) in [5, 5.41) is 5.16. The summed E-state index contributed by atoms with van der Waals surface area (Å²) in [7, 11) is 0. The van der Waals surface area contributed by atoms with Crippen LogP contribution in [0.25, 0.3) is 55.0 Å². The molecule has 0 radical (unpaired) electrons. The third-order valence-corrected chi connectivity index (χ3v) is 13.8. The predicted octanol–water partition coefficient (Wildman–Crippen LogP) is 13.6. The normalized spacial score (nSPS) is 18.6. The second-order valence-corrected chi connectivity index (χ2v) is 16.6. The molecule has 3 aliphatic carbocycles. The molecule has 0 bridgehead atoms. The van der Waals surface area contributed by atoms with E-state index in [0.717, 1.165) is 6.42 Å². The van der Waals surface area contributed by atoms with Crippen molar-refractivity contribution in [3.05, 3.63) is 215 Å². The summed E-state index contributed by atoms with van der Waals surface area (Å²) in [6.45, 7) is 2.34. The Labute approximate surface area is 319 Å². The molecule has 8 aromatic rings. The highest BCUT2D eigenvalue weighted by atomic mass is 32.2. The zero-order valence-electron chi connectivity index (χ0n) is 29.9. The Kier molecular flexibility index (Phi) is 6.18. The van der Waals surface area contributed by atoms with Gasteiger partial charge in [-0.15, -0.1) is 0 Å². The summed E-state index contributed by atoms with van der Waals surface area (Å²) < 4.78 is 2.50. The van der Waals surface area contributed by atoms with Gasteiger partial charge in [-0.2, -0.15) is 0 Å². The predicted molar refractivity (Wildman–Crippen MR) is 227 cm³/mol. The van der Waals surface area contributed by atoms with Crippen molar-refractivity contribution in [3.8, 4) is 16.8 Å². The van der Waals surface area contributed by atoms with E-state index in [1.807, 2.05) is 11.8 Å². The molecular weight excluding hydrogens is 671 g/mol. The molecule has 4 aliphatic rings. The Balaban J connectivity index is 1.13. The summed E-state index contributed by atoms with van der Waals surface area (Å²) in [6, 6.07) is 55.1. The standard InChI is InChI=1S/C52H35NS/c1-51-28-11-10-13-36(51)30-35(27-29-51)33-21-24-37(25-22-33)53-46-26-23-34-12-2-3-14-38(34)50(46)41-31-45-49(32-47(41)53)54-48-20-9-8-19-44(48)52(45)42-17-6-4-15-39(42)40-16-5-7-18-43(40)52/h2-28,30-32H,29H2,1H3. The van der Waals surface area contributed by atoms with E-state index in [9.17, 15) is 0 Å².